The fourth-order valence-electron chi connectivity index (χ4n) is 3.43. The second-order valence-electron chi connectivity index (χ2n) is 7.16. The standard InChI is InChI=1S/C22H25FN2O2/c1-16-5-7-18(8-6-16)22(27)25-13-10-17(11-14-25)9-12-24-21(26)19-3-2-4-20(23)15-19/h2-8,15,17H,9-14H2,1H3,(H,24,26). The molecule has 27 heavy (non-hydrogen) atoms. The second-order valence-corrected chi connectivity index (χ2v) is 7.16. The third-order valence-electron chi connectivity index (χ3n) is 5.13. The Hall–Kier alpha value is -2.69. The highest BCUT2D eigenvalue weighted by atomic mass is 19.1. The summed E-state index contributed by atoms with van der Waals surface area (Å²) in [6.45, 7) is 4.06. The Morgan fingerprint density at radius 2 is 1.78 bits per heavy atom. The molecule has 1 aliphatic rings. The molecule has 1 N–H and O–H groups in total. The van der Waals surface area contributed by atoms with E-state index in [0.717, 1.165) is 43.5 Å². The Bertz CT molecular complexity index is 796. The average Bonchev–Trinajstić information content (AvgIpc) is 2.68. The van der Waals surface area contributed by atoms with E-state index in [2.05, 4.69) is 5.32 Å². The lowest BCUT2D eigenvalue weighted by atomic mass is 9.93. The Kier molecular flexibility index (Phi) is 6.22. The van der Waals surface area contributed by atoms with E-state index in [0.29, 0.717) is 18.0 Å². The van der Waals surface area contributed by atoms with Gasteiger partial charge < -0.3 is 10.2 Å². The Morgan fingerprint density at radius 1 is 1.07 bits per heavy atom. The fraction of sp³-hybridized carbons (Fsp3) is 0.364. The van der Waals surface area contributed by atoms with Gasteiger partial charge in [0.05, 0.1) is 0 Å². The number of amides is 2. The van der Waals surface area contributed by atoms with Crippen LogP contribution in [0.2, 0.25) is 0 Å². The summed E-state index contributed by atoms with van der Waals surface area (Å²) in [7, 11) is 0. The van der Waals surface area contributed by atoms with Gasteiger partial charge in [0.1, 0.15) is 5.82 Å². The van der Waals surface area contributed by atoms with Crippen LogP contribution in [0.5, 0.6) is 0 Å². The van der Waals surface area contributed by atoms with Crippen molar-refractivity contribution in [1.29, 1.82) is 0 Å². The molecule has 2 amide bonds. The molecule has 0 bridgehead atoms. The minimum absolute atomic E-state index is 0.0906. The van der Waals surface area contributed by atoms with Crippen molar-refractivity contribution in [2.45, 2.75) is 26.2 Å². The normalized spacial score (nSPS) is 14.8. The third-order valence-corrected chi connectivity index (χ3v) is 5.13. The van der Waals surface area contributed by atoms with Crippen LogP contribution in [-0.4, -0.2) is 36.3 Å². The van der Waals surface area contributed by atoms with Gasteiger partial charge in [0.2, 0.25) is 0 Å². The van der Waals surface area contributed by atoms with Gasteiger partial charge in [-0.3, -0.25) is 9.59 Å². The molecule has 0 aromatic heterocycles. The van der Waals surface area contributed by atoms with E-state index in [1.807, 2.05) is 36.1 Å². The minimum Gasteiger partial charge on any atom is -0.352 e. The van der Waals surface area contributed by atoms with Crippen LogP contribution < -0.4 is 5.32 Å². The summed E-state index contributed by atoms with van der Waals surface area (Å²) in [6.07, 6.45) is 2.74. The molecule has 0 saturated carbocycles. The molecule has 0 aliphatic carbocycles. The van der Waals surface area contributed by atoms with E-state index in [4.69, 9.17) is 0 Å². The van der Waals surface area contributed by atoms with Crippen LogP contribution >= 0.6 is 0 Å². The van der Waals surface area contributed by atoms with E-state index >= 15 is 0 Å². The molecule has 3 rings (SSSR count). The van der Waals surface area contributed by atoms with Gasteiger partial charge in [0, 0.05) is 30.8 Å². The molecular weight excluding hydrogens is 343 g/mol. The maximum atomic E-state index is 13.2. The number of aryl methyl sites for hydroxylation is 1. The molecule has 0 atom stereocenters. The maximum absolute atomic E-state index is 13.2. The van der Waals surface area contributed by atoms with Crippen LogP contribution in [0.15, 0.2) is 48.5 Å². The smallest absolute Gasteiger partial charge is 0.253 e. The van der Waals surface area contributed by atoms with Crippen molar-refractivity contribution in [2.75, 3.05) is 19.6 Å². The average molecular weight is 368 g/mol. The number of nitrogens with one attached hydrogen (secondary N) is 1. The molecule has 2 aromatic rings. The summed E-state index contributed by atoms with van der Waals surface area (Å²) >= 11 is 0. The second kappa shape index (κ2) is 8.80. The molecule has 1 heterocycles. The molecular formula is C22H25FN2O2. The van der Waals surface area contributed by atoms with Crippen molar-refractivity contribution in [3.8, 4) is 0 Å². The van der Waals surface area contributed by atoms with Crippen LogP contribution in [0.3, 0.4) is 0 Å². The number of piperidine rings is 1. The maximum Gasteiger partial charge on any atom is 0.253 e. The summed E-state index contributed by atoms with van der Waals surface area (Å²) in [4.78, 5) is 26.5. The van der Waals surface area contributed by atoms with Crippen molar-refractivity contribution < 1.29 is 14.0 Å². The van der Waals surface area contributed by atoms with E-state index < -0.39 is 5.82 Å². The predicted molar refractivity (Wildman–Crippen MR) is 103 cm³/mol. The molecule has 1 fully saturated rings. The number of halogens is 1. The zero-order valence-electron chi connectivity index (χ0n) is 15.6. The molecule has 1 saturated heterocycles. The van der Waals surface area contributed by atoms with Gasteiger partial charge in [-0.1, -0.05) is 23.8 Å². The molecule has 5 heteroatoms. The van der Waals surface area contributed by atoms with Crippen LogP contribution in [0.1, 0.15) is 45.5 Å². The van der Waals surface area contributed by atoms with Crippen molar-refractivity contribution in [2.24, 2.45) is 5.92 Å². The zero-order valence-corrected chi connectivity index (χ0v) is 15.6. The quantitative estimate of drug-likeness (QED) is 0.873. The molecule has 0 spiro atoms. The van der Waals surface area contributed by atoms with E-state index in [1.54, 1.807) is 6.07 Å². The third kappa shape index (κ3) is 5.16. The van der Waals surface area contributed by atoms with Crippen molar-refractivity contribution in [1.82, 2.24) is 10.2 Å². The van der Waals surface area contributed by atoms with Crippen LogP contribution in [0.25, 0.3) is 0 Å². The lowest BCUT2D eigenvalue weighted by Gasteiger charge is -2.32. The van der Waals surface area contributed by atoms with E-state index in [-0.39, 0.29) is 11.8 Å². The first kappa shape index (κ1) is 19.1. The minimum atomic E-state index is -0.409. The van der Waals surface area contributed by atoms with Gasteiger partial charge >= 0.3 is 0 Å². The monoisotopic (exact) mass is 368 g/mol. The fourth-order valence-corrected chi connectivity index (χ4v) is 3.43. The molecule has 0 radical (unpaired) electrons. The molecule has 0 unspecified atom stereocenters. The number of hydrogen-bond donors (Lipinski definition) is 1. The van der Waals surface area contributed by atoms with E-state index in [9.17, 15) is 14.0 Å². The number of carbonyl (C=O) groups excluding carboxylic acids is 2. The summed E-state index contributed by atoms with van der Waals surface area (Å²) in [5.41, 5.74) is 2.22. The summed E-state index contributed by atoms with van der Waals surface area (Å²) in [6, 6.07) is 13.4. The zero-order chi connectivity index (χ0) is 19.2. The van der Waals surface area contributed by atoms with Gasteiger partial charge in [-0.25, -0.2) is 4.39 Å². The SMILES string of the molecule is Cc1ccc(C(=O)N2CCC(CCNC(=O)c3cccc(F)c3)CC2)cc1. The lowest BCUT2D eigenvalue weighted by molar-refractivity contribution is 0.0687. The van der Waals surface area contributed by atoms with Crippen LogP contribution in [0, 0.1) is 18.7 Å². The summed E-state index contributed by atoms with van der Waals surface area (Å²) in [5.74, 6) is -0.0810. The highest BCUT2D eigenvalue weighted by Crippen LogP contribution is 2.21. The molecule has 2 aromatic carbocycles. The number of likely N-dealkylation sites (tertiary alicyclic amines) is 1. The molecule has 142 valence electrons. The number of benzene rings is 2. The highest BCUT2D eigenvalue weighted by molar-refractivity contribution is 5.94. The molecule has 4 nitrogen and oxygen atoms in total. The van der Waals surface area contributed by atoms with Gasteiger partial charge in [-0.05, 0) is 62.4 Å². The summed E-state index contributed by atoms with van der Waals surface area (Å²) in [5, 5.41) is 2.85. The Labute approximate surface area is 159 Å². The van der Waals surface area contributed by atoms with Crippen molar-refractivity contribution in [3.05, 3.63) is 71.0 Å². The predicted octanol–water partition coefficient (Wildman–Crippen LogP) is 3.81. The first-order chi connectivity index (χ1) is 13.0. The van der Waals surface area contributed by atoms with Gasteiger partial charge in [0.15, 0.2) is 0 Å². The number of hydrogen-bond acceptors (Lipinski definition) is 2. The van der Waals surface area contributed by atoms with Gasteiger partial charge in [0.25, 0.3) is 11.8 Å². The largest absolute Gasteiger partial charge is 0.352 e. The van der Waals surface area contributed by atoms with Gasteiger partial charge in [-0.15, -0.1) is 0 Å². The first-order valence-corrected chi connectivity index (χ1v) is 9.42. The lowest BCUT2D eigenvalue weighted by Crippen LogP contribution is -2.39. The van der Waals surface area contributed by atoms with Crippen molar-refractivity contribution in [3.63, 3.8) is 0 Å². The van der Waals surface area contributed by atoms with Crippen molar-refractivity contribution >= 4 is 11.8 Å². The number of carbonyl (C=O) groups is 2. The highest BCUT2D eigenvalue weighted by Gasteiger charge is 2.23. The van der Waals surface area contributed by atoms with E-state index in [1.165, 1.54) is 18.2 Å². The van der Waals surface area contributed by atoms with Crippen LogP contribution in [-0.2, 0) is 0 Å². The van der Waals surface area contributed by atoms with Gasteiger partial charge in [-0.2, -0.15) is 0 Å². The molecule has 1 aliphatic heterocycles. The summed E-state index contributed by atoms with van der Waals surface area (Å²) < 4.78 is 13.2. The topological polar surface area (TPSA) is 49.4 Å². The number of nitrogens with zero attached hydrogens (tertiary/aromatic N) is 1. The first-order valence-electron chi connectivity index (χ1n) is 9.42. The Morgan fingerprint density at radius 3 is 2.44 bits per heavy atom. The number of rotatable bonds is 5. The van der Waals surface area contributed by atoms with Crippen LogP contribution in [0.4, 0.5) is 4.39 Å². The Balaban J connectivity index is 1.41.